The van der Waals surface area contributed by atoms with Gasteiger partial charge in [0, 0.05) is 19.2 Å². The summed E-state index contributed by atoms with van der Waals surface area (Å²) in [4.78, 5) is 20.8. The highest BCUT2D eigenvalue weighted by atomic mass is 32.1. The van der Waals surface area contributed by atoms with Crippen molar-refractivity contribution in [3.05, 3.63) is 0 Å². The van der Waals surface area contributed by atoms with Crippen LogP contribution < -0.4 is 5.32 Å². The summed E-state index contributed by atoms with van der Waals surface area (Å²) in [6.45, 7) is 1.30. The van der Waals surface area contributed by atoms with Crippen molar-refractivity contribution >= 4 is 24.7 Å². The molecule has 0 aromatic rings. The number of esters is 1. The number of carbonyl (C=O) groups is 2. The molecule has 0 aliphatic carbocycles. The van der Waals surface area contributed by atoms with Crippen LogP contribution in [0.3, 0.4) is 0 Å². The van der Waals surface area contributed by atoms with Gasteiger partial charge in [-0.2, -0.15) is 12.6 Å². The molecule has 0 rings (SSSR count). The van der Waals surface area contributed by atoms with Gasteiger partial charge in [-0.25, -0.2) is 4.79 Å². The maximum absolute atomic E-state index is 10.6. The van der Waals surface area contributed by atoms with Crippen LogP contribution in [0.1, 0.15) is 6.92 Å². The van der Waals surface area contributed by atoms with Gasteiger partial charge in [-0.3, -0.25) is 4.79 Å². The largest absolute Gasteiger partial charge is 0.428 e. The van der Waals surface area contributed by atoms with Gasteiger partial charge < -0.3 is 14.8 Å². The summed E-state index contributed by atoms with van der Waals surface area (Å²) >= 11 is 3.86. The lowest BCUT2D eigenvalue weighted by molar-refractivity contribution is -0.149. The minimum atomic E-state index is -0.620. The molecule has 70 valence electrons. The van der Waals surface area contributed by atoms with E-state index in [1.807, 2.05) is 0 Å². The zero-order valence-electron chi connectivity index (χ0n) is 6.70. The Morgan fingerprint density at radius 2 is 2.08 bits per heavy atom. The predicted octanol–water partition coefficient (Wildman–Crippen LogP) is 0.163. The number of thiol groups is 1. The summed E-state index contributed by atoms with van der Waals surface area (Å²) in [6, 6.07) is 0. The van der Waals surface area contributed by atoms with Crippen LogP contribution in [0.25, 0.3) is 0 Å². The molecular weight excluding hydrogens is 182 g/mol. The van der Waals surface area contributed by atoms with E-state index >= 15 is 0 Å². The standard InChI is InChI=1S/C6H11NO4S/c1-5(8)10-4-11-6(9)7-2-3-12/h12H,2-4H2,1H3,(H,7,9). The van der Waals surface area contributed by atoms with E-state index in [9.17, 15) is 9.59 Å². The molecule has 6 heteroatoms. The third kappa shape index (κ3) is 7.20. The normalized spacial score (nSPS) is 8.83. The van der Waals surface area contributed by atoms with Crippen LogP contribution in [0, 0.1) is 0 Å². The molecule has 0 spiro atoms. The number of ether oxygens (including phenoxy) is 2. The van der Waals surface area contributed by atoms with Gasteiger partial charge in [0.1, 0.15) is 0 Å². The first kappa shape index (κ1) is 11.1. The first-order chi connectivity index (χ1) is 5.66. The molecule has 5 nitrogen and oxygen atoms in total. The van der Waals surface area contributed by atoms with Gasteiger partial charge >= 0.3 is 12.1 Å². The number of carbonyl (C=O) groups excluding carboxylic acids is 2. The van der Waals surface area contributed by atoms with Gasteiger partial charge in [0.25, 0.3) is 0 Å². The van der Waals surface area contributed by atoms with Gasteiger partial charge in [-0.1, -0.05) is 0 Å². The maximum Gasteiger partial charge on any atom is 0.410 e. The highest BCUT2D eigenvalue weighted by Crippen LogP contribution is 1.81. The SMILES string of the molecule is CC(=O)OCOC(=O)NCCS. The van der Waals surface area contributed by atoms with Crippen LogP contribution >= 0.6 is 12.6 Å². The quantitative estimate of drug-likeness (QED) is 0.379. The van der Waals surface area contributed by atoms with E-state index in [0.29, 0.717) is 12.3 Å². The van der Waals surface area contributed by atoms with Crippen molar-refractivity contribution in [2.75, 3.05) is 19.1 Å². The van der Waals surface area contributed by atoms with E-state index in [4.69, 9.17) is 0 Å². The number of nitrogens with one attached hydrogen (secondary N) is 1. The van der Waals surface area contributed by atoms with Crippen molar-refractivity contribution < 1.29 is 19.1 Å². The van der Waals surface area contributed by atoms with E-state index < -0.39 is 12.1 Å². The molecule has 0 fully saturated rings. The van der Waals surface area contributed by atoms with Crippen LogP contribution in [0.15, 0.2) is 0 Å². The second kappa shape index (κ2) is 6.78. The average molecular weight is 193 g/mol. The number of hydrogen-bond acceptors (Lipinski definition) is 5. The zero-order valence-corrected chi connectivity index (χ0v) is 7.60. The smallest absolute Gasteiger partial charge is 0.410 e. The molecule has 0 saturated heterocycles. The second-order valence-corrected chi connectivity index (χ2v) is 2.28. The molecule has 0 unspecified atom stereocenters. The first-order valence-electron chi connectivity index (χ1n) is 3.31. The summed E-state index contributed by atoms with van der Waals surface area (Å²) in [7, 11) is 0. The van der Waals surface area contributed by atoms with Gasteiger partial charge in [0.05, 0.1) is 0 Å². The summed E-state index contributed by atoms with van der Waals surface area (Å²) < 4.78 is 8.78. The molecule has 0 atom stereocenters. The van der Waals surface area contributed by atoms with Crippen LogP contribution in [0.2, 0.25) is 0 Å². The Morgan fingerprint density at radius 1 is 1.42 bits per heavy atom. The number of amides is 1. The summed E-state index contributed by atoms with van der Waals surface area (Å²) in [5.41, 5.74) is 0. The van der Waals surface area contributed by atoms with Crippen LogP contribution in [0.4, 0.5) is 4.79 Å². The second-order valence-electron chi connectivity index (χ2n) is 1.84. The van der Waals surface area contributed by atoms with E-state index in [1.165, 1.54) is 6.92 Å². The lowest BCUT2D eigenvalue weighted by Crippen LogP contribution is -2.27. The zero-order chi connectivity index (χ0) is 9.40. The first-order valence-corrected chi connectivity index (χ1v) is 3.95. The van der Waals surface area contributed by atoms with Crippen molar-refractivity contribution in [3.8, 4) is 0 Å². The van der Waals surface area contributed by atoms with Crippen LogP contribution in [-0.4, -0.2) is 31.2 Å². The van der Waals surface area contributed by atoms with E-state index in [-0.39, 0.29) is 6.79 Å². The lowest BCUT2D eigenvalue weighted by Gasteiger charge is -2.04. The van der Waals surface area contributed by atoms with Crippen molar-refractivity contribution in [2.24, 2.45) is 0 Å². The minimum absolute atomic E-state index is 0.353. The average Bonchev–Trinajstić information content (AvgIpc) is 2.00. The highest BCUT2D eigenvalue weighted by molar-refractivity contribution is 7.80. The molecule has 0 aromatic heterocycles. The monoisotopic (exact) mass is 193 g/mol. The van der Waals surface area contributed by atoms with Crippen molar-refractivity contribution in [3.63, 3.8) is 0 Å². The number of hydrogen-bond donors (Lipinski definition) is 2. The third-order valence-electron chi connectivity index (χ3n) is 0.833. The maximum atomic E-state index is 10.6. The minimum Gasteiger partial charge on any atom is -0.428 e. The fourth-order valence-electron chi connectivity index (χ4n) is 0.375. The van der Waals surface area contributed by atoms with Gasteiger partial charge in [0.15, 0.2) is 0 Å². The van der Waals surface area contributed by atoms with Gasteiger partial charge in [-0.05, 0) is 0 Å². The van der Waals surface area contributed by atoms with Crippen LogP contribution in [0.5, 0.6) is 0 Å². The van der Waals surface area contributed by atoms with Gasteiger partial charge in [0.2, 0.25) is 6.79 Å². The Bertz CT molecular complexity index is 162. The Morgan fingerprint density at radius 3 is 2.58 bits per heavy atom. The molecule has 0 bridgehead atoms. The summed E-state index contributed by atoms with van der Waals surface area (Å²) in [5.74, 6) is 0.0415. The molecule has 1 N–H and O–H groups in total. The predicted molar refractivity (Wildman–Crippen MR) is 45.0 cm³/mol. The molecule has 12 heavy (non-hydrogen) atoms. The Hall–Kier alpha value is -0.910. The van der Waals surface area contributed by atoms with Crippen LogP contribution in [-0.2, 0) is 14.3 Å². The van der Waals surface area contributed by atoms with E-state index in [1.54, 1.807) is 0 Å². The lowest BCUT2D eigenvalue weighted by atomic mass is 10.7. The highest BCUT2D eigenvalue weighted by Gasteiger charge is 2.00. The Balaban J connectivity index is 3.25. The summed E-state index contributed by atoms with van der Waals surface area (Å²) in [6.07, 6.45) is -0.620. The van der Waals surface area contributed by atoms with Crippen molar-refractivity contribution in [1.82, 2.24) is 5.32 Å². The molecule has 0 aromatic carbocycles. The fourth-order valence-corrected chi connectivity index (χ4v) is 0.487. The van der Waals surface area contributed by atoms with Crippen molar-refractivity contribution in [1.29, 1.82) is 0 Å². The fraction of sp³-hybridized carbons (Fsp3) is 0.667. The number of alkyl carbamates (subject to hydrolysis) is 1. The molecule has 0 aliphatic rings. The van der Waals surface area contributed by atoms with E-state index in [2.05, 4.69) is 27.4 Å². The van der Waals surface area contributed by atoms with Gasteiger partial charge in [-0.15, -0.1) is 0 Å². The van der Waals surface area contributed by atoms with E-state index in [0.717, 1.165) is 0 Å². The molecule has 0 radical (unpaired) electrons. The molecule has 0 aliphatic heterocycles. The number of rotatable bonds is 4. The van der Waals surface area contributed by atoms with Crippen molar-refractivity contribution in [2.45, 2.75) is 6.92 Å². The third-order valence-corrected chi connectivity index (χ3v) is 1.06. The Labute approximate surface area is 75.8 Å². The Kier molecular flexibility index (Phi) is 6.26. The topological polar surface area (TPSA) is 64.6 Å². The molecular formula is C6H11NO4S. The molecule has 0 saturated carbocycles. The summed E-state index contributed by atoms with van der Waals surface area (Å²) in [5, 5.41) is 2.38. The molecule has 0 heterocycles. The molecule has 1 amide bonds.